The summed E-state index contributed by atoms with van der Waals surface area (Å²) in [6.45, 7) is 2.33. The molecule has 1 fully saturated rings. The van der Waals surface area contributed by atoms with Crippen molar-refractivity contribution in [1.82, 2.24) is 4.90 Å². The highest BCUT2D eigenvalue weighted by Gasteiger charge is 2.28. The fourth-order valence-corrected chi connectivity index (χ4v) is 2.95. The fraction of sp³-hybridized carbons (Fsp3) is 0.846. The molecule has 3 nitrogen and oxygen atoms in total. The highest BCUT2D eigenvalue weighted by atomic mass is 16.3. The Kier molecular flexibility index (Phi) is 4.52. The van der Waals surface area contributed by atoms with Gasteiger partial charge in [-0.3, -0.25) is 4.90 Å². The second-order valence-electron chi connectivity index (χ2n) is 4.96. The van der Waals surface area contributed by atoms with Gasteiger partial charge in [0, 0.05) is 6.04 Å². The van der Waals surface area contributed by atoms with Crippen LogP contribution in [0.4, 0.5) is 0 Å². The highest BCUT2D eigenvalue weighted by molar-refractivity contribution is 4.94. The van der Waals surface area contributed by atoms with E-state index < -0.39 is 0 Å². The number of hydrogen-bond acceptors (Lipinski definition) is 3. The lowest BCUT2D eigenvalue weighted by atomic mass is 9.93. The van der Waals surface area contributed by atoms with Gasteiger partial charge in [-0.15, -0.1) is 0 Å². The molecule has 1 heterocycles. The van der Waals surface area contributed by atoms with Gasteiger partial charge >= 0.3 is 0 Å². The quantitative estimate of drug-likeness (QED) is 0.531. The highest BCUT2D eigenvalue weighted by Crippen LogP contribution is 2.24. The molecule has 0 aromatic rings. The molecule has 90 valence electrons. The number of rotatable bonds is 2. The summed E-state index contributed by atoms with van der Waals surface area (Å²) in [6, 6.07) is 0.422. The second kappa shape index (κ2) is 6.14. The third-order valence-corrected chi connectivity index (χ3v) is 3.86. The zero-order chi connectivity index (χ0) is 11.2. The molecule has 1 saturated heterocycles. The van der Waals surface area contributed by atoms with E-state index in [0.29, 0.717) is 6.04 Å². The van der Waals surface area contributed by atoms with Gasteiger partial charge in [0.25, 0.3) is 0 Å². The summed E-state index contributed by atoms with van der Waals surface area (Å²) in [5.41, 5.74) is 0. The standard InChI is InChI=1S/C13H22N2O/c16-14-12-8-4-1-2-5-9-13(12)15-10-6-3-7-11-15/h1-2,12-13H,3-11H2. The third kappa shape index (κ3) is 2.91. The summed E-state index contributed by atoms with van der Waals surface area (Å²) in [6.07, 6.45) is 12.5. The van der Waals surface area contributed by atoms with Crippen molar-refractivity contribution in [1.29, 1.82) is 0 Å². The average molecular weight is 222 g/mol. The Morgan fingerprint density at radius 2 is 1.69 bits per heavy atom. The summed E-state index contributed by atoms with van der Waals surface area (Å²) in [5, 5.41) is 3.38. The molecule has 0 saturated carbocycles. The van der Waals surface area contributed by atoms with E-state index in [2.05, 4.69) is 22.2 Å². The Bertz CT molecular complexity index is 246. The van der Waals surface area contributed by atoms with Gasteiger partial charge in [0.05, 0.1) is 0 Å². The summed E-state index contributed by atoms with van der Waals surface area (Å²) >= 11 is 0. The van der Waals surface area contributed by atoms with Gasteiger partial charge in [-0.05, 0) is 51.6 Å². The smallest absolute Gasteiger partial charge is 0.108 e. The molecular formula is C13H22N2O. The van der Waals surface area contributed by atoms with Crippen LogP contribution in [0.15, 0.2) is 17.3 Å². The molecular weight excluding hydrogens is 200 g/mol. The number of allylic oxidation sites excluding steroid dienone is 2. The van der Waals surface area contributed by atoms with Crippen LogP contribution in [-0.2, 0) is 0 Å². The molecule has 0 aromatic carbocycles. The Labute approximate surface area is 97.9 Å². The minimum Gasteiger partial charge on any atom is -0.298 e. The van der Waals surface area contributed by atoms with Crippen molar-refractivity contribution in [3.63, 3.8) is 0 Å². The maximum atomic E-state index is 11.0. The minimum absolute atomic E-state index is 0.0167. The van der Waals surface area contributed by atoms with E-state index >= 15 is 0 Å². The number of likely N-dealkylation sites (tertiary alicyclic amines) is 1. The molecule has 0 radical (unpaired) electrons. The lowest BCUT2D eigenvalue weighted by molar-refractivity contribution is 0.131. The third-order valence-electron chi connectivity index (χ3n) is 3.86. The largest absolute Gasteiger partial charge is 0.298 e. The van der Waals surface area contributed by atoms with Crippen molar-refractivity contribution in [2.24, 2.45) is 5.18 Å². The van der Waals surface area contributed by atoms with E-state index in [1.54, 1.807) is 0 Å². The van der Waals surface area contributed by atoms with Gasteiger partial charge in [-0.1, -0.05) is 23.7 Å². The van der Waals surface area contributed by atoms with E-state index in [9.17, 15) is 4.91 Å². The van der Waals surface area contributed by atoms with E-state index in [-0.39, 0.29) is 6.04 Å². The van der Waals surface area contributed by atoms with Gasteiger partial charge in [0.1, 0.15) is 6.04 Å². The number of nitroso groups, excluding NO2 is 1. The molecule has 2 atom stereocenters. The van der Waals surface area contributed by atoms with Gasteiger partial charge < -0.3 is 0 Å². The molecule has 1 aliphatic heterocycles. The SMILES string of the molecule is O=NC1CCC=CCCC1N1CCCCC1. The average Bonchev–Trinajstić information content (AvgIpc) is 2.30. The van der Waals surface area contributed by atoms with Crippen LogP contribution in [0, 0.1) is 4.91 Å². The topological polar surface area (TPSA) is 32.7 Å². The molecule has 0 amide bonds. The number of nitrogens with zero attached hydrogens (tertiary/aromatic N) is 2. The molecule has 2 unspecified atom stereocenters. The first-order valence-electron chi connectivity index (χ1n) is 6.63. The van der Waals surface area contributed by atoms with Crippen molar-refractivity contribution >= 4 is 0 Å². The number of piperidine rings is 1. The van der Waals surface area contributed by atoms with Gasteiger partial charge in [0.15, 0.2) is 0 Å². The first kappa shape index (κ1) is 11.8. The monoisotopic (exact) mass is 222 g/mol. The lowest BCUT2D eigenvalue weighted by Gasteiger charge is -2.37. The van der Waals surface area contributed by atoms with Gasteiger partial charge in [0.2, 0.25) is 0 Å². The molecule has 16 heavy (non-hydrogen) atoms. The van der Waals surface area contributed by atoms with Crippen LogP contribution in [0.5, 0.6) is 0 Å². The molecule has 2 rings (SSSR count). The Morgan fingerprint density at radius 3 is 2.38 bits per heavy atom. The number of hydrogen-bond donors (Lipinski definition) is 0. The molecule has 3 heteroatoms. The molecule has 0 aromatic heterocycles. The van der Waals surface area contributed by atoms with Crippen LogP contribution in [0.25, 0.3) is 0 Å². The van der Waals surface area contributed by atoms with Crippen LogP contribution in [0.3, 0.4) is 0 Å². The first-order valence-corrected chi connectivity index (χ1v) is 6.63. The Hall–Kier alpha value is -0.700. The predicted molar refractivity (Wildman–Crippen MR) is 66.4 cm³/mol. The molecule has 1 aliphatic carbocycles. The first-order chi connectivity index (χ1) is 7.92. The van der Waals surface area contributed by atoms with Crippen LogP contribution >= 0.6 is 0 Å². The summed E-state index contributed by atoms with van der Waals surface area (Å²) in [5.74, 6) is 0. The van der Waals surface area contributed by atoms with E-state index in [4.69, 9.17) is 0 Å². The van der Waals surface area contributed by atoms with Crippen molar-refractivity contribution in [2.75, 3.05) is 13.1 Å². The van der Waals surface area contributed by atoms with Crippen LogP contribution in [0.1, 0.15) is 44.9 Å². The van der Waals surface area contributed by atoms with Crippen LogP contribution < -0.4 is 0 Å². The maximum absolute atomic E-state index is 11.0. The maximum Gasteiger partial charge on any atom is 0.108 e. The molecule has 2 aliphatic rings. The van der Waals surface area contributed by atoms with Crippen molar-refractivity contribution in [2.45, 2.75) is 57.0 Å². The van der Waals surface area contributed by atoms with E-state index in [0.717, 1.165) is 25.7 Å². The summed E-state index contributed by atoms with van der Waals surface area (Å²) in [4.78, 5) is 13.5. The van der Waals surface area contributed by atoms with E-state index in [1.165, 1.54) is 32.4 Å². The van der Waals surface area contributed by atoms with Crippen molar-refractivity contribution in [3.05, 3.63) is 17.1 Å². The lowest BCUT2D eigenvalue weighted by Crippen LogP contribution is -2.45. The van der Waals surface area contributed by atoms with Gasteiger partial charge in [-0.25, -0.2) is 0 Å². The normalized spacial score (nSPS) is 33.0. The van der Waals surface area contributed by atoms with Gasteiger partial charge in [-0.2, -0.15) is 4.91 Å². The molecule has 0 bridgehead atoms. The summed E-state index contributed by atoms with van der Waals surface area (Å²) < 4.78 is 0. The zero-order valence-electron chi connectivity index (χ0n) is 9.98. The van der Waals surface area contributed by atoms with Crippen LogP contribution in [0.2, 0.25) is 0 Å². The second-order valence-corrected chi connectivity index (χ2v) is 4.96. The molecule has 0 spiro atoms. The van der Waals surface area contributed by atoms with Crippen molar-refractivity contribution in [3.8, 4) is 0 Å². The summed E-state index contributed by atoms with van der Waals surface area (Å²) in [7, 11) is 0. The molecule has 0 N–H and O–H groups in total. The Balaban J connectivity index is 2.01. The predicted octanol–water partition coefficient (Wildman–Crippen LogP) is 3.11. The minimum atomic E-state index is 0.0167. The van der Waals surface area contributed by atoms with E-state index in [1.807, 2.05) is 0 Å². The van der Waals surface area contributed by atoms with Crippen LogP contribution in [-0.4, -0.2) is 30.1 Å². The fourth-order valence-electron chi connectivity index (χ4n) is 2.95. The zero-order valence-corrected chi connectivity index (χ0v) is 9.98. The Morgan fingerprint density at radius 1 is 1.00 bits per heavy atom. The van der Waals surface area contributed by atoms with Crippen molar-refractivity contribution < 1.29 is 0 Å².